The van der Waals surface area contributed by atoms with Crippen LogP contribution in [0.25, 0.3) is 0 Å². The first kappa shape index (κ1) is 14.6. The number of nitro groups is 1. The van der Waals surface area contributed by atoms with Gasteiger partial charge in [-0.05, 0) is 12.5 Å². The van der Waals surface area contributed by atoms with Crippen LogP contribution in [0, 0.1) is 17.0 Å². The molecule has 0 aliphatic heterocycles. The minimum atomic E-state index is -1.72. The highest BCUT2D eigenvalue weighted by Gasteiger charge is 2.18. The van der Waals surface area contributed by atoms with E-state index in [1.54, 1.807) is 6.92 Å². The highest BCUT2D eigenvalue weighted by Crippen LogP contribution is 2.17. The van der Waals surface area contributed by atoms with Gasteiger partial charge in [-0.15, -0.1) is 0 Å². The van der Waals surface area contributed by atoms with E-state index in [4.69, 9.17) is 10.2 Å². The Balaban J connectivity index is 2.84. The molecule has 8 nitrogen and oxygen atoms in total. The van der Waals surface area contributed by atoms with Crippen LogP contribution >= 0.6 is 0 Å². The zero-order valence-electron chi connectivity index (χ0n) is 9.99. The van der Waals surface area contributed by atoms with Gasteiger partial charge in [0.25, 0.3) is 11.6 Å². The molecule has 1 rings (SSSR count). The van der Waals surface area contributed by atoms with Gasteiger partial charge in [0.15, 0.2) is 6.10 Å². The molecule has 0 saturated heterocycles. The Morgan fingerprint density at radius 1 is 1.47 bits per heavy atom. The number of rotatable bonds is 5. The molecule has 0 radical (unpaired) electrons. The monoisotopic (exact) mass is 268 g/mol. The molecule has 1 aromatic carbocycles. The van der Waals surface area contributed by atoms with Crippen LogP contribution in [0.5, 0.6) is 0 Å². The number of nitro benzene ring substituents is 1. The van der Waals surface area contributed by atoms with E-state index in [0.29, 0.717) is 5.56 Å². The smallest absolute Gasteiger partial charge is 0.334 e. The van der Waals surface area contributed by atoms with Crippen LogP contribution in [-0.2, 0) is 4.79 Å². The molecule has 0 saturated carbocycles. The largest absolute Gasteiger partial charge is 0.479 e. The van der Waals surface area contributed by atoms with E-state index in [1.165, 1.54) is 12.1 Å². The fourth-order valence-corrected chi connectivity index (χ4v) is 1.34. The summed E-state index contributed by atoms with van der Waals surface area (Å²) in [6, 6.07) is 3.77. The second-order valence-electron chi connectivity index (χ2n) is 3.82. The van der Waals surface area contributed by atoms with Crippen molar-refractivity contribution in [3.63, 3.8) is 0 Å². The minimum absolute atomic E-state index is 0.0618. The van der Waals surface area contributed by atoms with E-state index >= 15 is 0 Å². The van der Waals surface area contributed by atoms with Gasteiger partial charge in [0, 0.05) is 17.7 Å². The van der Waals surface area contributed by atoms with Crippen LogP contribution < -0.4 is 5.32 Å². The fourth-order valence-electron chi connectivity index (χ4n) is 1.34. The van der Waals surface area contributed by atoms with Gasteiger partial charge in [0.05, 0.1) is 11.5 Å². The third kappa shape index (κ3) is 3.75. The summed E-state index contributed by atoms with van der Waals surface area (Å²) in [5.41, 5.74) is 0.328. The Morgan fingerprint density at radius 3 is 2.63 bits per heavy atom. The van der Waals surface area contributed by atoms with Crippen molar-refractivity contribution in [2.45, 2.75) is 13.0 Å². The average Bonchev–Trinajstić information content (AvgIpc) is 2.35. The fraction of sp³-hybridized carbons (Fsp3) is 0.273. The molecule has 0 bridgehead atoms. The third-order valence-electron chi connectivity index (χ3n) is 2.42. The van der Waals surface area contributed by atoms with Crippen LogP contribution in [0.2, 0.25) is 0 Å². The number of carbonyl (C=O) groups excluding carboxylic acids is 1. The summed E-state index contributed by atoms with van der Waals surface area (Å²) in [6.07, 6.45) is -1.72. The number of carboxylic acid groups (broad SMARTS) is 1. The van der Waals surface area contributed by atoms with Crippen LogP contribution in [-0.4, -0.2) is 39.7 Å². The Labute approximate surface area is 107 Å². The van der Waals surface area contributed by atoms with Crippen molar-refractivity contribution >= 4 is 17.6 Å². The first-order valence-corrected chi connectivity index (χ1v) is 5.27. The molecule has 1 amide bonds. The number of carboxylic acids is 1. The normalized spacial score (nSPS) is 11.7. The number of aliphatic hydroxyl groups is 1. The van der Waals surface area contributed by atoms with E-state index < -0.39 is 29.4 Å². The molecule has 1 atom stereocenters. The number of benzene rings is 1. The lowest BCUT2D eigenvalue weighted by Crippen LogP contribution is -2.36. The van der Waals surface area contributed by atoms with Gasteiger partial charge in [-0.3, -0.25) is 14.9 Å². The topological polar surface area (TPSA) is 130 Å². The molecule has 3 N–H and O–H groups in total. The Morgan fingerprint density at radius 2 is 2.11 bits per heavy atom. The highest BCUT2D eigenvalue weighted by molar-refractivity contribution is 5.96. The zero-order valence-corrected chi connectivity index (χ0v) is 9.99. The van der Waals surface area contributed by atoms with Crippen LogP contribution in [0.15, 0.2) is 18.2 Å². The van der Waals surface area contributed by atoms with Crippen molar-refractivity contribution in [3.05, 3.63) is 39.4 Å². The maximum Gasteiger partial charge on any atom is 0.334 e. The zero-order chi connectivity index (χ0) is 14.6. The summed E-state index contributed by atoms with van der Waals surface area (Å²) in [4.78, 5) is 32.1. The number of non-ortho nitro benzene ring substituents is 1. The standard InChI is InChI=1S/C11H12N2O6/c1-6-2-3-7(13(18)19)4-8(6)10(15)12-5-9(14)11(16)17/h2-4,9,14H,5H2,1H3,(H,12,15)(H,16,17). The van der Waals surface area contributed by atoms with Gasteiger partial charge in [0.1, 0.15) is 0 Å². The predicted molar refractivity (Wildman–Crippen MR) is 63.8 cm³/mol. The van der Waals surface area contributed by atoms with Gasteiger partial charge < -0.3 is 15.5 Å². The molecule has 0 fully saturated rings. The second kappa shape index (κ2) is 5.91. The lowest BCUT2D eigenvalue weighted by Gasteiger charge is -2.09. The predicted octanol–water partition coefficient (Wildman–Crippen LogP) is 0.0785. The van der Waals surface area contributed by atoms with Crippen molar-refractivity contribution < 1.29 is 24.7 Å². The molecular formula is C11H12N2O6. The molecular weight excluding hydrogens is 256 g/mol. The van der Waals surface area contributed by atoms with Gasteiger partial charge in [-0.2, -0.15) is 0 Å². The first-order valence-electron chi connectivity index (χ1n) is 5.27. The van der Waals surface area contributed by atoms with E-state index in [-0.39, 0.29) is 11.3 Å². The van der Waals surface area contributed by atoms with Gasteiger partial charge in [-0.25, -0.2) is 4.79 Å². The summed E-state index contributed by atoms with van der Waals surface area (Å²) in [5.74, 6) is -2.14. The summed E-state index contributed by atoms with van der Waals surface area (Å²) >= 11 is 0. The summed E-state index contributed by atoms with van der Waals surface area (Å²) < 4.78 is 0. The number of aliphatic hydroxyl groups excluding tert-OH is 1. The molecule has 0 aromatic heterocycles. The maximum absolute atomic E-state index is 11.7. The highest BCUT2D eigenvalue weighted by atomic mass is 16.6. The van der Waals surface area contributed by atoms with E-state index in [9.17, 15) is 19.7 Å². The van der Waals surface area contributed by atoms with Gasteiger partial charge in [-0.1, -0.05) is 6.07 Å². The molecule has 1 unspecified atom stereocenters. The molecule has 0 spiro atoms. The first-order chi connectivity index (χ1) is 8.82. The number of nitrogens with zero attached hydrogens (tertiary/aromatic N) is 1. The summed E-state index contributed by atoms with van der Waals surface area (Å²) in [7, 11) is 0. The molecule has 0 aliphatic carbocycles. The summed E-state index contributed by atoms with van der Waals surface area (Å²) in [5, 5.41) is 30.3. The number of hydrogen-bond acceptors (Lipinski definition) is 5. The number of aliphatic carboxylic acids is 1. The van der Waals surface area contributed by atoms with Crippen molar-refractivity contribution in [2.75, 3.05) is 6.54 Å². The van der Waals surface area contributed by atoms with Gasteiger partial charge >= 0.3 is 5.97 Å². The second-order valence-corrected chi connectivity index (χ2v) is 3.82. The molecule has 0 heterocycles. The van der Waals surface area contributed by atoms with E-state index in [1.807, 2.05) is 0 Å². The van der Waals surface area contributed by atoms with Crippen molar-refractivity contribution in [1.29, 1.82) is 0 Å². The quantitative estimate of drug-likeness (QED) is 0.512. The molecule has 1 aromatic rings. The van der Waals surface area contributed by atoms with Crippen molar-refractivity contribution in [2.24, 2.45) is 0 Å². The van der Waals surface area contributed by atoms with Crippen molar-refractivity contribution in [1.82, 2.24) is 5.32 Å². The third-order valence-corrected chi connectivity index (χ3v) is 2.42. The Bertz CT molecular complexity index is 528. The van der Waals surface area contributed by atoms with Crippen molar-refractivity contribution in [3.8, 4) is 0 Å². The van der Waals surface area contributed by atoms with Crippen LogP contribution in [0.4, 0.5) is 5.69 Å². The maximum atomic E-state index is 11.7. The minimum Gasteiger partial charge on any atom is -0.479 e. The average molecular weight is 268 g/mol. The lowest BCUT2D eigenvalue weighted by atomic mass is 10.1. The number of aryl methyl sites for hydroxylation is 1. The number of carbonyl (C=O) groups is 2. The molecule has 8 heteroatoms. The number of hydrogen-bond donors (Lipinski definition) is 3. The van der Waals surface area contributed by atoms with Gasteiger partial charge in [0.2, 0.25) is 0 Å². The molecule has 102 valence electrons. The van der Waals surface area contributed by atoms with E-state index in [0.717, 1.165) is 6.07 Å². The lowest BCUT2D eigenvalue weighted by molar-refractivity contribution is -0.384. The number of amides is 1. The Hall–Kier alpha value is -2.48. The SMILES string of the molecule is Cc1ccc([N+](=O)[O-])cc1C(=O)NCC(O)C(=O)O. The van der Waals surface area contributed by atoms with E-state index in [2.05, 4.69) is 5.32 Å². The van der Waals surface area contributed by atoms with Crippen LogP contribution in [0.1, 0.15) is 15.9 Å². The molecule has 19 heavy (non-hydrogen) atoms. The Kier molecular flexibility index (Phi) is 4.54. The molecule has 0 aliphatic rings. The summed E-state index contributed by atoms with van der Waals surface area (Å²) in [6.45, 7) is 1.11. The number of nitrogens with one attached hydrogen (secondary N) is 1. The van der Waals surface area contributed by atoms with Crippen LogP contribution in [0.3, 0.4) is 0 Å².